The molecule has 0 aliphatic rings. The molecule has 2 aromatic carbocycles. The number of nitrogens with zero attached hydrogens (tertiary/aromatic N) is 1. The number of carbonyl (C=O) groups is 1. The molecule has 4 nitrogen and oxygen atoms in total. The van der Waals surface area contributed by atoms with Gasteiger partial charge in [0.05, 0.1) is 5.71 Å². The zero-order valence-electron chi connectivity index (χ0n) is 11.8. The number of rotatable bonds is 5. The fourth-order valence-electron chi connectivity index (χ4n) is 1.66. The van der Waals surface area contributed by atoms with Crippen LogP contribution in [0.1, 0.15) is 12.5 Å². The van der Waals surface area contributed by atoms with Crippen LogP contribution in [0.5, 0.6) is 5.75 Å². The molecule has 2 rings (SSSR count). The molecule has 0 bridgehead atoms. The number of hydrogen-bond acceptors (Lipinski definition) is 3. The summed E-state index contributed by atoms with van der Waals surface area (Å²) < 4.78 is 19.1. The third-order valence-corrected chi connectivity index (χ3v) is 3.25. The highest BCUT2D eigenvalue weighted by atomic mass is 79.9. The van der Waals surface area contributed by atoms with E-state index < -0.39 is 11.7 Å². The van der Waals surface area contributed by atoms with Crippen LogP contribution < -0.4 is 10.2 Å². The summed E-state index contributed by atoms with van der Waals surface area (Å²) in [5.41, 5.74) is 3.96. The average molecular weight is 365 g/mol. The van der Waals surface area contributed by atoms with Crippen LogP contribution in [0.25, 0.3) is 0 Å². The molecule has 0 heterocycles. The Morgan fingerprint density at radius 3 is 2.77 bits per heavy atom. The Kier molecular flexibility index (Phi) is 5.66. The quantitative estimate of drug-likeness (QED) is 0.651. The molecule has 2 aromatic rings. The van der Waals surface area contributed by atoms with Crippen molar-refractivity contribution in [2.45, 2.75) is 6.92 Å². The minimum absolute atomic E-state index is 0.237. The maximum Gasteiger partial charge on any atom is 0.277 e. The lowest BCUT2D eigenvalue weighted by Crippen LogP contribution is -2.25. The van der Waals surface area contributed by atoms with Gasteiger partial charge in [0.2, 0.25) is 0 Å². The number of amides is 1. The van der Waals surface area contributed by atoms with Gasteiger partial charge in [0.15, 0.2) is 6.61 Å². The number of ether oxygens (including phenoxy) is 1. The van der Waals surface area contributed by atoms with Gasteiger partial charge in [0, 0.05) is 10.5 Å². The van der Waals surface area contributed by atoms with Crippen molar-refractivity contribution in [3.8, 4) is 5.75 Å². The van der Waals surface area contributed by atoms with E-state index in [1.807, 2.05) is 24.3 Å². The maximum atomic E-state index is 13.0. The molecule has 0 fully saturated rings. The van der Waals surface area contributed by atoms with Gasteiger partial charge in [-0.15, -0.1) is 0 Å². The number of benzene rings is 2. The maximum absolute atomic E-state index is 13.0. The highest BCUT2D eigenvalue weighted by molar-refractivity contribution is 9.10. The predicted octanol–water partition coefficient (Wildman–Crippen LogP) is 3.51. The van der Waals surface area contributed by atoms with Gasteiger partial charge in [0.1, 0.15) is 11.6 Å². The van der Waals surface area contributed by atoms with Gasteiger partial charge in [-0.25, -0.2) is 9.82 Å². The highest BCUT2D eigenvalue weighted by Gasteiger charge is 2.04. The molecular weight excluding hydrogens is 351 g/mol. The lowest BCUT2D eigenvalue weighted by atomic mass is 10.1. The molecule has 22 heavy (non-hydrogen) atoms. The molecule has 1 N–H and O–H groups in total. The zero-order valence-corrected chi connectivity index (χ0v) is 13.4. The van der Waals surface area contributed by atoms with Crippen molar-refractivity contribution in [2.75, 3.05) is 6.61 Å². The van der Waals surface area contributed by atoms with E-state index >= 15 is 0 Å². The fraction of sp³-hybridized carbons (Fsp3) is 0.125. The summed E-state index contributed by atoms with van der Waals surface area (Å²) in [5.74, 6) is -0.539. The van der Waals surface area contributed by atoms with Crippen molar-refractivity contribution in [3.05, 3.63) is 64.4 Å². The minimum Gasteiger partial charge on any atom is -0.484 e. The van der Waals surface area contributed by atoms with Crippen LogP contribution in [-0.2, 0) is 4.79 Å². The van der Waals surface area contributed by atoms with Crippen molar-refractivity contribution >= 4 is 27.5 Å². The third kappa shape index (κ3) is 4.96. The zero-order chi connectivity index (χ0) is 15.9. The van der Waals surface area contributed by atoms with E-state index in [0.717, 1.165) is 10.0 Å². The van der Waals surface area contributed by atoms with Gasteiger partial charge in [-0.2, -0.15) is 5.10 Å². The Morgan fingerprint density at radius 2 is 2.05 bits per heavy atom. The van der Waals surface area contributed by atoms with Gasteiger partial charge in [0.25, 0.3) is 5.91 Å². The molecule has 6 heteroatoms. The molecule has 0 saturated heterocycles. The first-order chi connectivity index (χ1) is 10.5. The first kappa shape index (κ1) is 16.2. The second-order valence-electron chi connectivity index (χ2n) is 4.49. The summed E-state index contributed by atoms with van der Waals surface area (Å²) >= 11 is 3.37. The Hall–Kier alpha value is -2.21. The molecule has 1 amide bonds. The average Bonchev–Trinajstić information content (AvgIpc) is 2.50. The van der Waals surface area contributed by atoms with Crippen molar-refractivity contribution < 1.29 is 13.9 Å². The van der Waals surface area contributed by atoms with E-state index in [0.29, 0.717) is 11.5 Å². The molecule has 0 aromatic heterocycles. The van der Waals surface area contributed by atoms with Crippen LogP contribution in [-0.4, -0.2) is 18.2 Å². The number of hydrogen-bond donors (Lipinski definition) is 1. The van der Waals surface area contributed by atoms with Crippen LogP contribution >= 0.6 is 15.9 Å². The van der Waals surface area contributed by atoms with Crippen molar-refractivity contribution in [1.82, 2.24) is 5.43 Å². The normalized spacial score (nSPS) is 11.1. The summed E-state index contributed by atoms with van der Waals surface area (Å²) in [6, 6.07) is 13.2. The second kappa shape index (κ2) is 7.70. The van der Waals surface area contributed by atoms with Crippen molar-refractivity contribution in [1.29, 1.82) is 0 Å². The van der Waals surface area contributed by atoms with Crippen LogP contribution in [0.2, 0.25) is 0 Å². The van der Waals surface area contributed by atoms with E-state index in [2.05, 4.69) is 26.5 Å². The molecule has 114 valence electrons. The highest BCUT2D eigenvalue weighted by Crippen LogP contribution is 2.12. The number of nitrogens with one attached hydrogen (secondary N) is 1. The number of halogens is 2. The van der Waals surface area contributed by atoms with Crippen molar-refractivity contribution in [3.63, 3.8) is 0 Å². The van der Waals surface area contributed by atoms with Crippen molar-refractivity contribution in [2.24, 2.45) is 5.10 Å². The second-order valence-corrected chi connectivity index (χ2v) is 5.40. The fourth-order valence-corrected chi connectivity index (χ4v) is 2.06. The molecule has 0 spiro atoms. The molecule has 0 radical (unpaired) electrons. The summed E-state index contributed by atoms with van der Waals surface area (Å²) in [6.07, 6.45) is 0. The molecule has 0 aliphatic heterocycles. The lowest BCUT2D eigenvalue weighted by molar-refractivity contribution is -0.123. The molecule has 0 atom stereocenters. The molecule has 0 unspecified atom stereocenters. The number of hydrazone groups is 1. The third-order valence-electron chi connectivity index (χ3n) is 2.76. The minimum atomic E-state index is -0.418. The van der Waals surface area contributed by atoms with Crippen LogP contribution in [0.3, 0.4) is 0 Å². The SMILES string of the molecule is C/C(=N/NC(=O)COc1cccc(F)c1)c1cccc(Br)c1. The Bertz CT molecular complexity index is 704. The van der Waals surface area contributed by atoms with E-state index in [1.165, 1.54) is 18.2 Å². The monoisotopic (exact) mass is 364 g/mol. The van der Waals surface area contributed by atoms with E-state index in [4.69, 9.17) is 4.74 Å². The van der Waals surface area contributed by atoms with Crippen LogP contribution in [0, 0.1) is 5.82 Å². The van der Waals surface area contributed by atoms with E-state index in [1.54, 1.807) is 13.0 Å². The molecule has 0 aliphatic carbocycles. The summed E-state index contributed by atoms with van der Waals surface area (Å²) in [4.78, 5) is 11.7. The summed E-state index contributed by atoms with van der Waals surface area (Å²) in [6.45, 7) is 1.55. The van der Waals surface area contributed by atoms with Gasteiger partial charge in [-0.05, 0) is 36.8 Å². The number of carbonyl (C=O) groups excluding carboxylic acids is 1. The largest absolute Gasteiger partial charge is 0.484 e. The topological polar surface area (TPSA) is 50.7 Å². The van der Waals surface area contributed by atoms with Gasteiger partial charge in [-0.3, -0.25) is 4.79 Å². The first-order valence-electron chi connectivity index (χ1n) is 6.52. The smallest absolute Gasteiger partial charge is 0.277 e. The van der Waals surface area contributed by atoms with E-state index in [9.17, 15) is 9.18 Å². The van der Waals surface area contributed by atoms with Crippen LogP contribution in [0.4, 0.5) is 4.39 Å². The summed E-state index contributed by atoms with van der Waals surface area (Å²) in [5, 5.41) is 4.01. The van der Waals surface area contributed by atoms with Crippen LogP contribution in [0.15, 0.2) is 58.1 Å². The van der Waals surface area contributed by atoms with Gasteiger partial charge < -0.3 is 4.74 Å². The Labute approximate surface area is 136 Å². The van der Waals surface area contributed by atoms with Gasteiger partial charge in [-0.1, -0.05) is 34.1 Å². The Morgan fingerprint density at radius 1 is 1.27 bits per heavy atom. The predicted molar refractivity (Wildman–Crippen MR) is 86.4 cm³/mol. The lowest BCUT2D eigenvalue weighted by Gasteiger charge is -2.06. The first-order valence-corrected chi connectivity index (χ1v) is 7.31. The molecule has 0 saturated carbocycles. The summed E-state index contributed by atoms with van der Waals surface area (Å²) in [7, 11) is 0. The Balaban J connectivity index is 1.88. The van der Waals surface area contributed by atoms with E-state index in [-0.39, 0.29) is 6.61 Å². The standard InChI is InChI=1S/C16H14BrFN2O2/c1-11(12-4-2-5-13(17)8-12)19-20-16(21)10-22-15-7-3-6-14(18)9-15/h2-9H,10H2,1H3,(H,20,21)/b19-11-. The molecular formula is C16H14BrFN2O2. The van der Waals surface area contributed by atoms with Gasteiger partial charge >= 0.3 is 0 Å².